The summed E-state index contributed by atoms with van der Waals surface area (Å²) in [5.74, 6) is -0.435. The van der Waals surface area contributed by atoms with E-state index >= 15 is 0 Å². The van der Waals surface area contributed by atoms with E-state index in [2.05, 4.69) is 0 Å². The fourth-order valence-corrected chi connectivity index (χ4v) is 3.10. The topological polar surface area (TPSA) is 53.1 Å². The molecule has 0 bridgehead atoms. The van der Waals surface area contributed by atoms with Crippen molar-refractivity contribution in [2.24, 2.45) is 0 Å². The van der Waals surface area contributed by atoms with E-state index in [4.69, 9.17) is 4.74 Å². The van der Waals surface area contributed by atoms with Gasteiger partial charge in [-0.25, -0.2) is 4.39 Å². The summed E-state index contributed by atoms with van der Waals surface area (Å²) < 4.78 is 18.7. The van der Waals surface area contributed by atoms with Gasteiger partial charge >= 0.3 is 0 Å². The van der Waals surface area contributed by atoms with E-state index < -0.39 is 0 Å². The molecule has 0 N–H and O–H groups in total. The Hall–Kier alpha value is -2.15. The number of rotatable bonds is 3. The number of anilines is 2. The molecule has 7 heteroatoms. The van der Waals surface area contributed by atoms with Crippen LogP contribution in [0.15, 0.2) is 18.2 Å². The first-order chi connectivity index (χ1) is 11.6. The predicted octanol–water partition coefficient (Wildman–Crippen LogP) is 1.25. The molecule has 0 spiro atoms. The molecule has 0 atom stereocenters. The molecule has 2 aliphatic heterocycles. The molecule has 2 aliphatic rings. The second kappa shape index (κ2) is 7.17. The Labute approximate surface area is 140 Å². The van der Waals surface area contributed by atoms with Gasteiger partial charge in [0.1, 0.15) is 5.82 Å². The van der Waals surface area contributed by atoms with Gasteiger partial charge in [-0.2, -0.15) is 0 Å². The van der Waals surface area contributed by atoms with Crippen LogP contribution < -0.4 is 9.80 Å². The highest BCUT2D eigenvalue weighted by Gasteiger charge is 2.26. The van der Waals surface area contributed by atoms with Crippen LogP contribution in [0.5, 0.6) is 0 Å². The molecular weight excluding hydrogens is 313 g/mol. The molecule has 1 saturated heterocycles. The van der Waals surface area contributed by atoms with E-state index in [1.165, 1.54) is 12.1 Å². The molecule has 0 aromatic heterocycles. The van der Waals surface area contributed by atoms with Gasteiger partial charge in [0.2, 0.25) is 11.8 Å². The van der Waals surface area contributed by atoms with Crippen molar-refractivity contribution in [2.75, 3.05) is 56.2 Å². The molecule has 130 valence electrons. The minimum atomic E-state index is -0.322. The second-order valence-corrected chi connectivity index (χ2v) is 6.09. The number of halogens is 1. The number of hydrogen-bond donors (Lipinski definition) is 0. The van der Waals surface area contributed by atoms with Crippen LogP contribution in [0.4, 0.5) is 15.8 Å². The van der Waals surface area contributed by atoms with Crippen molar-refractivity contribution in [3.05, 3.63) is 24.0 Å². The number of hydrogen-bond acceptors (Lipinski definition) is 4. The maximum atomic E-state index is 13.5. The molecule has 24 heavy (non-hydrogen) atoms. The summed E-state index contributed by atoms with van der Waals surface area (Å²) in [4.78, 5) is 30.1. The highest BCUT2D eigenvalue weighted by atomic mass is 19.1. The van der Waals surface area contributed by atoms with E-state index in [-0.39, 0.29) is 30.5 Å². The standard InChI is InChI=1S/C17H22FN3O3/c1-19-6-7-21(14-3-2-13(18)12-15(14)19)17(23)5-4-16(22)20-8-10-24-11-9-20/h2-3,12H,4-11H2,1H3. The molecule has 0 unspecified atom stereocenters. The van der Waals surface area contributed by atoms with Gasteiger partial charge in [0.15, 0.2) is 0 Å². The van der Waals surface area contributed by atoms with Gasteiger partial charge in [0.05, 0.1) is 24.6 Å². The number of carbonyl (C=O) groups is 2. The molecular formula is C17H22FN3O3. The Morgan fingerprint density at radius 2 is 1.75 bits per heavy atom. The van der Waals surface area contributed by atoms with Gasteiger partial charge in [0.25, 0.3) is 0 Å². The minimum absolute atomic E-state index is 0.0138. The summed E-state index contributed by atoms with van der Waals surface area (Å²) in [6.07, 6.45) is 0.360. The monoisotopic (exact) mass is 335 g/mol. The molecule has 1 fully saturated rings. The van der Waals surface area contributed by atoms with Gasteiger partial charge in [-0.05, 0) is 18.2 Å². The molecule has 2 heterocycles. The van der Waals surface area contributed by atoms with E-state index in [0.717, 1.165) is 0 Å². The van der Waals surface area contributed by atoms with Gasteiger partial charge in [-0.3, -0.25) is 9.59 Å². The van der Waals surface area contributed by atoms with E-state index in [1.54, 1.807) is 15.9 Å². The number of carbonyl (C=O) groups excluding carboxylic acids is 2. The van der Waals surface area contributed by atoms with Gasteiger partial charge < -0.3 is 19.4 Å². The third-order valence-electron chi connectivity index (χ3n) is 4.52. The number of benzene rings is 1. The SMILES string of the molecule is CN1CCN(C(=O)CCC(=O)N2CCOCC2)c2ccc(F)cc21. The van der Waals surface area contributed by atoms with Gasteiger partial charge in [-0.1, -0.05) is 0 Å². The highest BCUT2D eigenvalue weighted by molar-refractivity contribution is 5.99. The van der Waals surface area contributed by atoms with Crippen molar-refractivity contribution in [3.63, 3.8) is 0 Å². The van der Waals surface area contributed by atoms with E-state index in [0.29, 0.717) is 50.8 Å². The van der Waals surface area contributed by atoms with Crippen molar-refractivity contribution in [1.29, 1.82) is 0 Å². The van der Waals surface area contributed by atoms with E-state index in [1.807, 2.05) is 11.9 Å². The van der Waals surface area contributed by atoms with Gasteiger partial charge in [-0.15, -0.1) is 0 Å². The Morgan fingerprint density at radius 1 is 1.04 bits per heavy atom. The summed E-state index contributed by atoms with van der Waals surface area (Å²) in [5.41, 5.74) is 1.41. The first-order valence-corrected chi connectivity index (χ1v) is 8.23. The molecule has 0 radical (unpaired) electrons. The van der Waals surface area contributed by atoms with Crippen LogP contribution in [-0.4, -0.2) is 63.2 Å². The molecule has 2 amide bonds. The fourth-order valence-electron chi connectivity index (χ4n) is 3.10. The third-order valence-corrected chi connectivity index (χ3v) is 4.52. The lowest BCUT2D eigenvalue weighted by atomic mass is 10.1. The fraction of sp³-hybridized carbons (Fsp3) is 0.529. The summed E-state index contributed by atoms with van der Waals surface area (Å²) in [7, 11) is 1.88. The Morgan fingerprint density at radius 3 is 2.50 bits per heavy atom. The second-order valence-electron chi connectivity index (χ2n) is 6.09. The number of amides is 2. The van der Waals surface area contributed by atoms with Crippen LogP contribution in [0.25, 0.3) is 0 Å². The first kappa shape index (κ1) is 16.7. The van der Waals surface area contributed by atoms with Crippen LogP contribution in [0.1, 0.15) is 12.8 Å². The molecule has 0 saturated carbocycles. The lowest BCUT2D eigenvalue weighted by molar-refractivity contribution is -0.136. The number of likely N-dealkylation sites (N-methyl/N-ethyl adjacent to an activating group) is 1. The van der Waals surface area contributed by atoms with Crippen molar-refractivity contribution in [1.82, 2.24) is 4.90 Å². The minimum Gasteiger partial charge on any atom is -0.378 e. The smallest absolute Gasteiger partial charge is 0.227 e. The number of nitrogens with zero attached hydrogens (tertiary/aromatic N) is 3. The Bertz CT molecular complexity index is 632. The maximum Gasteiger partial charge on any atom is 0.227 e. The number of morpholine rings is 1. The lowest BCUT2D eigenvalue weighted by Gasteiger charge is -2.36. The van der Waals surface area contributed by atoms with Gasteiger partial charge in [0, 0.05) is 46.1 Å². The first-order valence-electron chi connectivity index (χ1n) is 8.23. The average Bonchev–Trinajstić information content (AvgIpc) is 2.61. The third kappa shape index (κ3) is 3.51. The van der Waals surface area contributed by atoms with Crippen LogP contribution in [-0.2, 0) is 14.3 Å². The van der Waals surface area contributed by atoms with E-state index in [9.17, 15) is 14.0 Å². The molecule has 1 aromatic rings. The Kier molecular flexibility index (Phi) is 4.99. The zero-order chi connectivity index (χ0) is 17.1. The zero-order valence-electron chi connectivity index (χ0n) is 13.8. The summed E-state index contributed by atoms with van der Waals surface area (Å²) in [6.45, 7) is 3.46. The summed E-state index contributed by atoms with van der Waals surface area (Å²) >= 11 is 0. The molecule has 0 aliphatic carbocycles. The quantitative estimate of drug-likeness (QED) is 0.834. The number of ether oxygens (including phenoxy) is 1. The van der Waals surface area contributed by atoms with Crippen LogP contribution >= 0.6 is 0 Å². The van der Waals surface area contributed by atoms with Crippen molar-refractivity contribution in [2.45, 2.75) is 12.8 Å². The van der Waals surface area contributed by atoms with Crippen molar-refractivity contribution < 1.29 is 18.7 Å². The van der Waals surface area contributed by atoms with Crippen molar-refractivity contribution >= 4 is 23.2 Å². The average molecular weight is 335 g/mol. The molecule has 6 nitrogen and oxygen atoms in total. The summed E-state index contributed by atoms with van der Waals surface area (Å²) in [6, 6.07) is 4.42. The number of fused-ring (bicyclic) bond motifs is 1. The van der Waals surface area contributed by atoms with Crippen molar-refractivity contribution in [3.8, 4) is 0 Å². The highest BCUT2D eigenvalue weighted by Crippen LogP contribution is 2.33. The normalized spacial score (nSPS) is 17.7. The van der Waals surface area contributed by atoms with Crippen LogP contribution in [0.3, 0.4) is 0 Å². The molecule has 3 rings (SSSR count). The predicted molar refractivity (Wildman–Crippen MR) is 88.7 cm³/mol. The lowest BCUT2D eigenvalue weighted by Crippen LogP contribution is -2.44. The Balaban J connectivity index is 1.63. The largest absolute Gasteiger partial charge is 0.378 e. The zero-order valence-corrected chi connectivity index (χ0v) is 13.8. The maximum absolute atomic E-state index is 13.5. The van der Waals surface area contributed by atoms with Crippen LogP contribution in [0.2, 0.25) is 0 Å². The van der Waals surface area contributed by atoms with Crippen LogP contribution in [0, 0.1) is 5.82 Å². The summed E-state index contributed by atoms with van der Waals surface area (Å²) in [5, 5.41) is 0. The molecule has 1 aromatic carbocycles.